The van der Waals surface area contributed by atoms with Crippen molar-refractivity contribution in [2.45, 2.75) is 39.2 Å². The first-order chi connectivity index (χ1) is 5.77. The Kier molecular flexibility index (Phi) is 3.08. The monoisotopic (exact) mass is 169 g/mol. The van der Waals surface area contributed by atoms with E-state index < -0.39 is 0 Å². The van der Waals surface area contributed by atoms with Gasteiger partial charge >= 0.3 is 0 Å². The van der Waals surface area contributed by atoms with E-state index in [2.05, 4.69) is 24.0 Å². The molecular formula is C8H15N3O. The third-order valence-electron chi connectivity index (χ3n) is 1.96. The van der Waals surface area contributed by atoms with Crippen LogP contribution in [0.25, 0.3) is 0 Å². The number of aromatic nitrogens is 3. The quantitative estimate of drug-likeness (QED) is 0.739. The molecule has 68 valence electrons. The fraction of sp³-hybridized carbons (Fsp3) is 0.750. The van der Waals surface area contributed by atoms with E-state index in [0.717, 1.165) is 19.3 Å². The lowest BCUT2D eigenvalue weighted by atomic mass is 10.1. The van der Waals surface area contributed by atoms with E-state index in [1.807, 2.05) is 0 Å². The molecule has 0 aliphatic carbocycles. The Morgan fingerprint density at radius 2 is 2.42 bits per heavy atom. The SMILES string of the molecule is CCCC(CC)n1ncc(=O)[nH]1. The molecule has 0 aliphatic rings. The van der Waals surface area contributed by atoms with Crippen LogP contribution in [0.15, 0.2) is 11.0 Å². The van der Waals surface area contributed by atoms with E-state index in [9.17, 15) is 4.79 Å². The van der Waals surface area contributed by atoms with Gasteiger partial charge in [0, 0.05) is 0 Å². The van der Waals surface area contributed by atoms with Gasteiger partial charge in [-0.3, -0.25) is 4.79 Å². The Morgan fingerprint density at radius 1 is 1.67 bits per heavy atom. The third kappa shape index (κ3) is 1.96. The van der Waals surface area contributed by atoms with Crippen LogP contribution in [-0.4, -0.2) is 15.0 Å². The van der Waals surface area contributed by atoms with Gasteiger partial charge < -0.3 is 0 Å². The summed E-state index contributed by atoms with van der Waals surface area (Å²) in [6.07, 6.45) is 4.50. The average molecular weight is 169 g/mol. The molecule has 0 fully saturated rings. The number of hydrogen-bond acceptors (Lipinski definition) is 2. The highest BCUT2D eigenvalue weighted by atomic mass is 16.1. The number of nitrogens with zero attached hydrogens (tertiary/aromatic N) is 2. The minimum atomic E-state index is -0.121. The lowest BCUT2D eigenvalue weighted by molar-refractivity contribution is 0.365. The van der Waals surface area contributed by atoms with Gasteiger partial charge in [-0.05, 0) is 12.8 Å². The van der Waals surface area contributed by atoms with E-state index >= 15 is 0 Å². The van der Waals surface area contributed by atoms with Gasteiger partial charge in [0.25, 0.3) is 5.56 Å². The molecule has 1 heterocycles. The molecular weight excluding hydrogens is 154 g/mol. The number of aromatic amines is 1. The summed E-state index contributed by atoms with van der Waals surface area (Å²) in [5.74, 6) is 0. The molecule has 1 atom stereocenters. The summed E-state index contributed by atoms with van der Waals surface area (Å²) in [4.78, 5) is 12.4. The summed E-state index contributed by atoms with van der Waals surface area (Å²) >= 11 is 0. The van der Waals surface area contributed by atoms with Crippen molar-refractivity contribution >= 4 is 0 Å². The maximum Gasteiger partial charge on any atom is 0.284 e. The average Bonchev–Trinajstić information content (AvgIpc) is 2.47. The predicted molar refractivity (Wildman–Crippen MR) is 47.1 cm³/mol. The molecule has 1 unspecified atom stereocenters. The van der Waals surface area contributed by atoms with Crippen LogP contribution in [0.3, 0.4) is 0 Å². The minimum Gasteiger partial charge on any atom is -0.266 e. The van der Waals surface area contributed by atoms with Crippen LogP contribution in [-0.2, 0) is 0 Å². The molecule has 12 heavy (non-hydrogen) atoms. The van der Waals surface area contributed by atoms with E-state index in [4.69, 9.17) is 0 Å². The molecule has 4 heteroatoms. The van der Waals surface area contributed by atoms with Gasteiger partial charge in [-0.25, -0.2) is 9.90 Å². The minimum absolute atomic E-state index is 0.121. The number of nitrogens with one attached hydrogen (secondary N) is 1. The topological polar surface area (TPSA) is 50.7 Å². The van der Waals surface area contributed by atoms with Crippen LogP contribution < -0.4 is 5.56 Å². The number of hydrogen-bond donors (Lipinski definition) is 1. The highest BCUT2D eigenvalue weighted by molar-refractivity contribution is 4.68. The summed E-state index contributed by atoms with van der Waals surface area (Å²) in [6.45, 7) is 4.23. The van der Waals surface area contributed by atoms with E-state index in [-0.39, 0.29) is 5.56 Å². The first-order valence-corrected chi connectivity index (χ1v) is 4.41. The van der Waals surface area contributed by atoms with E-state index in [0.29, 0.717) is 6.04 Å². The Hall–Kier alpha value is -1.06. The Bertz CT molecular complexity index is 276. The van der Waals surface area contributed by atoms with Crippen LogP contribution in [0.2, 0.25) is 0 Å². The molecule has 0 aliphatic heterocycles. The van der Waals surface area contributed by atoms with Gasteiger partial charge in [0.2, 0.25) is 0 Å². The molecule has 1 rings (SSSR count). The Labute approximate surface area is 71.6 Å². The van der Waals surface area contributed by atoms with E-state index in [1.165, 1.54) is 6.20 Å². The number of rotatable bonds is 4. The second kappa shape index (κ2) is 4.09. The molecule has 0 saturated carbocycles. The predicted octanol–water partition coefficient (Wildman–Crippen LogP) is 1.32. The van der Waals surface area contributed by atoms with Gasteiger partial charge in [0.15, 0.2) is 0 Å². The standard InChI is InChI=1S/C8H15N3O/c1-3-5-7(4-2)11-9-6-8(12)10-11/h6-7H,3-5H2,1-2H3,(H,10,12). The normalized spacial score (nSPS) is 13.2. The van der Waals surface area contributed by atoms with Gasteiger partial charge in [-0.1, -0.05) is 20.3 Å². The zero-order chi connectivity index (χ0) is 8.97. The van der Waals surface area contributed by atoms with Crippen molar-refractivity contribution < 1.29 is 0 Å². The maximum absolute atomic E-state index is 10.8. The lowest BCUT2D eigenvalue weighted by Crippen LogP contribution is -2.13. The molecule has 0 bridgehead atoms. The Morgan fingerprint density at radius 3 is 2.83 bits per heavy atom. The van der Waals surface area contributed by atoms with Crippen LogP contribution in [0.1, 0.15) is 39.2 Å². The van der Waals surface area contributed by atoms with Gasteiger partial charge in [-0.2, -0.15) is 5.10 Å². The largest absolute Gasteiger partial charge is 0.284 e. The molecule has 1 N–H and O–H groups in total. The fourth-order valence-corrected chi connectivity index (χ4v) is 1.30. The van der Waals surface area contributed by atoms with Crippen molar-refractivity contribution in [3.63, 3.8) is 0 Å². The summed E-state index contributed by atoms with van der Waals surface area (Å²) in [5.41, 5.74) is -0.121. The second-order valence-electron chi connectivity index (χ2n) is 2.92. The maximum atomic E-state index is 10.8. The summed E-state index contributed by atoms with van der Waals surface area (Å²) in [6, 6.07) is 0.345. The van der Waals surface area contributed by atoms with Crippen LogP contribution in [0.4, 0.5) is 0 Å². The van der Waals surface area contributed by atoms with Crippen LogP contribution in [0, 0.1) is 0 Å². The molecule has 0 radical (unpaired) electrons. The molecule has 1 aromatic heterocycles. The molecule has 0 spiro atoms. The second-order valence-corrected chi connectivity index (χ2v) is 2.92. The van der Waals surface area contributed by atoms with Gasteiger partial charge in [0.1, 0.15) is 6.20 Å². The first kappa shape index (κ1) is 9.03. The van der Waals surface area contributed by atoms with Crippen molar-refractivity contribution in [3.8, 4) is 0 Å². The lowest BCUT2D eigenvalue weighted by Gasteiger charge is -2.12. The molecule has 1 aromatic rings. The van der Waals surface area contributed by atoms with Crippen molar-refractivity contribution in [3.05, 3.63) is 16.6 Å². The molecule has 0 aromatic carbocycles. The molecule has 0 saturated heterocycles. The zero-order valence-electron chi connectivity index (χ0n) is 7.58. The third-order valence-corrected chi connectivity index (χ3v) is 1.96. The summed E-state index contributed by atoms with van der Waals surface area (Å²) < 4.78 is 0. The molecule has 0 amide bonds. The van der Waals surface area contributed by atoms with Crippen molar-refractivity contribution in [1.82, 2.24) is 15.0 Å². The highest BCUT2D eigenvalue weighted by Crippen LogP contribution is 2.13. The smallest absolute Gasteiger partial charge is 0.266 e. The number of H-pyrrole nitrogens is 1. The zero-order valence-corrected chi connectivity index (χ0v) is 7.58. The Balaban J connectivity index is 2.72. The van der Waals surface area contributed by atoms with Crippen molar-refractivity contribution in [2.75, 3.05) is 0 Å². The van der Waals surface area contributed by atoms with Crippen molar-refractivity contribution in [1.29, 1.82) is 0 Å². The van der Waals surface area contributed by atoms with Gasteiger partial charge in [-0.15, -0.1) is 0 Å². The summed E-state index contributed by atoms with van der Waals surface area (Å²) in [7, 11) is 0. The summed E-state index contributed by atoms with van der Waals surface area (Å²) in [5, 5.41) is 6.62. The molecule has 4 nitrogen and oxygen atoms in total. The van der Waals surface area contributed by atoms with Crippen LogP contribution in [0.5, 0.6) is 0 Å². The first-order valence-electron chi connectivity index (χ1n) is 4.41. The van der Waals surface area contributed by atoms with Crippen molar-refractivity contribution in [2.24, 2.45) is 0 Å². The van der Waals surface area contributed by atoms with E-state index in [1.54, 1.807) is 4.80 Å². The highest BCUT2D eigenvalue weighted by Gasteiger charge is 2.07. The van der Waals surface area contributed by atoms with Crippen LogP contribution >= 0.6 is 0 Å². The van der Waals surface area contributed by atoms with Gasteiger partial charge in [0.05, 0.1) is 6.04 Å². The fourth-order valence-electron chi connectivity index (χ4n) is 1.30.